The van der Waals surface area contributed by atoms with Crippen molar-refractivity contribution in [1.82, 2.24) is 5.01 Å². The van der Waals surface area contributed by atoms with E-state index in [9.17, 15) is 9.59 Å². The summed E-state index contributed by atoms with van der Waals surface area (Å²) in [7, 11) is 0. The molecule has 0 bridgehead atoms. The van der Waals surface area contributed by atoms with Crippen molar-refractivity contribution >= 4 is 29.1 Å². The summed E-state index contributed by atoms with van der Waals surface area (Å²) in [6.45, 7) is 0.368. The second-order valence-electron chi connectivity index (χ2n) is 5.67. The Morgan fingerprint density at radius 3 is 2.54 bits per heavy atom. The normalized spacial score (nSPS) is 22.4. The van der Waals surface area contributed by atoms with Gasteiger partial charge in [0.1, 0.15) is 0 Å². The molecule has 24 heavy (non-hydrogen) atoms. The lowest BCUT2D eigenvalue weighted by Gasteiger charge is -2.20. The van der Waals surface area contributed by atoms with E-state index in [2.05, 4.69) is 10.3 Å². The average Bonchev–Trinajstić information content (AvgIpc) is 3.09. The maximum Gasteiger partial charge on any atom is 0.263 e. The van der Waals surface area contributed by atoms with E-state index in [-0.39, 0.29) is 11.8 Å². The van der Waals surface area contributed by atoms with Crippen LogP contribution in [-0.4, -0.2) is 28.9 Å². The van der Waals surface area contributed by atoms with Gasteiger partial charge in [0.2, 0.25) is 0 Å². The molecule has 2 amide bonds. The van der Waals surface area contributed by atoms with Crippen molar-refractivity contribution in [3.05, 3.63) is 65.2 Å². The Balaban J connectivity index is 1.61. The molecule has 0 saturated carbocycles. The number of imide groups is 1. The maximum absolute atomic E-state index is 12.8. The number of halogens is 1. The van der Waals surface area contributed by atoms with Crippen LogP contribution < -0.4 is 4.90 Å². The van der Waals surface area contributed by atoms with E-state index in [1.807, 2.05) is 18.2 Å². The van der Waals surface area contributed by atoms with Gasteiger partial charge in [-0.25, -0.2) is 4.90 Å². The first-order valence-corrected chi connectivity index (χ1v) is 7.87. The molecule has 0 aliphatic carbocycles. The van der Waals surface area contributed by atoms with Crippen LogP contribution >= 0.6 is 11.6 Å². The molecule has 1 fully saturated rings. The lowest BCUT2D eigenvalue weighted by atomic mass is 10.1. The molecule has 2 aliphatic heterocycles. The topological polar surface area (TPSA) is 65.3 Å². The molecule has 0 unspecified atom stereocenters. The van der Waals surface area contributed by atoms with Crippen molar-refractivity contribution in [3.63, 3.8) is 0 Å². The molecule has 1 saturated heterocycles. The van der Waals surface area contributed by atoms with E-state index in [0.717, 1.165) is 5.56 Å². The predicted molar refractivity (Wildman–Crippen MR) is 88.4 cm³/mol. The molecule has 0 N–H and O–H groups in total. The molecule has 0 radical (unpaired) electrons. The summed E-state index contributed by atoms with van der Waals surface area (Å²) in [6.07, 6.45) is 0. The van der Waals surface area contributed by atoms with Crippen LogP contribution in [0.5, 0.6) is 0 Å². The van der Waals surface area contributed by atoms with Crippen molar-refractivity contribution in [2.75, 3.05) is 4.90 Å². The maximum atomic E-state index is 12.8. The highest BCUT2D eigenvalue weighted by atomic mass is 35.5. The predicted octanol–water partition coefficient (Wildman–Crippen LogP) is 2.83. The van der Waals surface area contributed by atoms with Crippen LogP contribution in [-0.2, 0) is 16.1 Å². The van der Waals surface area contributed by atoms with Gasteiger partial charge in [-0.05, 0) is 29.8 Å². The van der Waals surface area contributed by atoms with Gasteiger partial charge in [0.25, 0.3) is 11.8 Å². The van der Waals surface area contributed by atoms with Gasteiger partial charge in [-0.2, -0.15) is 5.11 Å². The molecule has 7 heteroatoms. The Labute approximate surface area is 143 Å². The molecule has 2 aromatic rings. The van der Waals surface area contributed by atoms with Crippen molar-refractivity contribution in [1.29, 1.82) is 0 Å². The quantitative estimate of drug-likeness (QED) is 0.807. The third-order valence-electron chi connectivity index (χ3n) is 4.11. The van der Waals surface area contributed by atoms with Crippen LogP contribution in [0.15, 0.2) is 64.9 Å². The number of rotatable bonds is 3. The monoisotopic (exact) mass is 340 g/mol. The van der Waals surface area contributed by atoms with E-state index >= 15 is 0 Å². The lowest BCUT2D eigenvalue weighted by molar-refractivity contribution is -0.123. The highest BCUT2D eigenvalue weighted by molar-refractivity contribution is 6.30. The zero-order chi connectivity index (χ0) is 16.7. The zero-order valence-corrected chi connectivity index (χ0v) is 13.3. The molecule has 6 nitrogen and oxygen atoms in total. The Hall–Kier alpha value is -2.73. The SMILES string of the molecule is O=C1[C@@H]2[C@@H](N=NN2Cc2cccc(Cl)c2)C(=O)N1c1ccccc1. The minimum absolute atomic E-state index is 0.303. The third kappa shape index (κ3) is 2.35. The molecule has 2 aliphatic rings. The van der Waals surface area contributed by atoms with E-state index in [4.69, 9.17) is 11.6 Å². The second-order valence-corrected chi connectivity index (χ2v) is 6.11. The number of nitrogens with zero attached hydrogens (tertiary/aromatic N) is 4. The van der Waals surface area contributed by atoms with E-state index in [0.29, 0.717) is 17.3 Å². The fraction of sp³-hybridized carbons (Fsp3) is 0.176. The second kappa shape index (κ2) is 5.72. The van der Waals surface area contributed by atoms with Crippen LogP contribution in [0, 0.1) is 0 Å². The van der Waals surface area contributed by atoms with Crippen LogP contribution in [0.3, 0.4) is 0 Å². The number of hydrogen-bond donors (Lipinski definition) is 0. The summed E-state index contributed by atoms with van der Waals surface area (Å²) in [5.74, 6) is -0.642. The number of para-hydroxylation sites is 1. The van der Waals surface area contributed by atoms with Gasteiger partial charge in [0.15, 0.2) is 12.1 Å². The van der Waals surface area contributed by atoms with Gasteiger partial charge >= 0.3 is 0 Å². The summed E-state index contributed by atoms with van der Waals surface area (Å²) in [6, 6.07) is 14.7. The first kappa shape index (κ1) is 14.8. The van der Waals surface area contributed by atoms with Gasteiger partial charge in [0.05, 0.1) is 12.2 Å². The lowest BCUT2D eigenvalue weighted by Crippen LogP contribution is -2.39. The molecule has 2 atom stereocenters. The number of hydrogen-bond acceptors (Lipinski definition) is 5. The molecule has 0 aromatic heterocycles. The first-order chi connectivity index (χ1) is 11.6. The number of benzene rings is 2. The summed E-state index contributed by atoms with van der Waals surface area (Å²) < 4.78 is 0. The summed E-state index contributed by atoms with van der Waals surface area (Å²) >= 11 is 5.99. The number of carbonyl (C=O) groups excluding carboxylic acids is 2. The van der Waals surface area contributed by atoms with Gasteiger partial charge in [-0.15, -0.1) is 0 Å². The summed E-state index contributed by atoms with van der Waals surface area (Å²) in [5.41, 5.74) is 1.46. The first-order valence-electron chi connectivity index (χ1n) is 7.50. The van der Waals surface area contributed by atoms with Gasteiger partial charge in [-0.3, -0.25) is 14.6 Å². The molecule has 4 rings (SSSR count). The Morgan fingerprint density at radius 1 is 1.00 bits per heavy atom. The van der Waals surface area contributed by atoms with Crippen molar-refractivity contribution in [3.8, 4) is 0 Å². The molecule has 120 valence electrons. The van der Waals surface area contributed by atoms with Crippen LogP contribution in [0.1, 0.15) is 5.56 Å². The highest BCUT2D eigenvalue weighted by Crippen LogP contribution is 2.32. The number of carbonyl (C=O) groups is 2. The van der Waals surface area contributed by atoms with Gasteiger partial charge in [0, 0.05) is 5.02 Å². The fourth-order valence-electron chi connectivity index (χ4n) is 3.01. The highest BCUT2D eigenvalue weighted by Gasteiger charge is 2.54. The number of anilines is 1. The average molecular weight is 341 g/mol. The largest absolute Gasteiger partial charge is 0.271 e. The molecular weight excluding hydrogens is 328 g/mol. The van der Waals surface area contributed by atoms with Crippen LogP contribution in [0.2, 0.25) is 5.02 Å². The molecule has 2 heterocycles. The van der Waals surface area contributed by atoms with E-state index < -0.39 is 12.1 Å². The Kier molecular flexibility index (Phi) is 3.54. The van der Waals surface area contributed by atoms with Crippen LogP contribution in [0.4, 0.5) is 5.69 Å². The molecule has 0 spiro atoms. The fourth-order valence-corrected chi connectivity index (χ4v) is 3.22. The van der Waals surface area contributed by atoms with Gasteiger partial charge in [-0.1, -0.05) is 47.2 Å². The van der Waals surface area contributed by atoms with Crippen molar-refractivity contribution < 1.29 is 9.59 Å². The van der Waals surface area contributed by atoms with Crippen LogP contribution in [0.25, 0.3) is 0 Å². The minimum atomic E-state index is -0.781. The number of amides is 2. The summed E-state index contributed by atoms with van der Waals surface area (Å²) in [4.78, 5) is 26.5. The Bertz CT molecular complexity index is 839. The standard InChI is InChI=1S/C17H13ClN4O2/c18-12-6-4-5-11(9-12)10-21-15-14(19-20-21)16(23)22(17(15)24)13-7-2-1-3-8-13/h1-9,14-15H,10H2/t14-,15+/m1/s1. The molecule has 2 aromatic carbocycles. The smallest absolute Gasteiger partial charge is 0.263 e. The third-order valence-corrected chi connectivity index (χ3v) is 4.34. The van der Waals surface area contributed by atoms with E-state index in [1.165, 1.54) is 4.90 Å². The van der Waals surface area contributed by atoms with E-state index in [1.54, 1.807) is 41.4 Å². The van der Waals surface area contributed by atoms with Gasteiger partial charge < -0.3 is 0 Å². The summed E-state index contributed by atoms with van der Waals surface area (Å²) in [5, 5.41) is 10.2. The Morgan fingerprint density at radius 2 is 1.79 bits per heavy atom. The zero-order valence-electron chi connectivity index (χ0n) is 12.5. The van der Waals surface area contributed by atoms with Crippen molar-refractivity contribution in [2.24, 2.45) is 10.3 Å². The molecular formula is C17H13ClN4O2. The number of fused-ring (bicyclic) bond motifs is 1. The van der Waals surface area contributed by atoms with Crippen molar-refractivity contribution in [2.45, 2.75) is 18.6 Å². The minimum Gasteiger partial charge on any atom is -0.271 e.